The molecular weight excluding hydrogens is 751 g/mol. The fraction of sp³-hybridized carbons (Fsp3) is 0.169. The normalized spacial score (nSPS) is 17.6. The SMILES string of the molecule is CC1(C)Cc2ccccc2-c2c1c(C#N)cc1c2c2c3c4ccccc4n(-c4c(-c5ccccc5)cccc4-c4ccccc4)c3cc3c4cc5c(cc4n1c32)C1CCC5CC1. The summed E-state index contributed by atoms with van der Waals surface area (Å²) in [5.41, 5.74) is 20.8. The molecule has 4 aliphatic rings. The Morgan fingerprint density at radius 1 is 0.532 bits per heavy atom. The molecule has 0 N–H and O–H groups in total. The van der Waals surface area contributed by atoms with Crippen molar-refractivity contribution < 1.29 is 0 Å². The highest BCUT2D eigenvalue weighted by atomic mass is 15.0. The molecule has 0 atom stereocenters. The van der Waals surface area contributed by atoms with E-state index in [9.17, 15) is 5.26 Å². The van der Waals surface area contributed by atoms with Crippen LogP contribution < -0.4 is 0 Å². The van der Waals surface area contributed by atoms with E-state index in [1.54, 1.807) is 11.1 Å². The summed E-state index contributed by atoms with van der Waals surface area (Å²) in [6.07, 6.45) is 6.05. The van der Waals surface area contributed by atoms with E-state index in [1.165, 1.54) is 130 Å². The lowest BCUT2D eigenvalue weighted by Crippen LogP contribution is -2.27. The molecule has 0 aliphatic heterocycles. The van der Waals surface area contributed by atoms with Gasteiger partial charge in [-0.3, -0.25) is 0 Å². The fourth-order valence-corrected chi connectivity index (χ4v) is 13.0. The Labute approximate surface area is 360 Å². The zero-order valence-electron chi connectivity index (χ0n) is 35.0. The number of para-hydroxylation sites is 2. The van der Waals surface area contributed by atoms with Crippen molar-refractivity contribution in [3.05, 3.63) is 179 Å². The first-order chi connectivity index (χ1) is 30.5. The first-order valence-corrected chi connectivity index (χ1v) is 22.5. The van der Waals surface area contributed by atoms with Crippen molar-refractivity contribution in [3.63, 3.8) is 0 Å². The van der Waals surface area contributed by atoms with Gasteiger partial charge in [-0.25, -0.2) is 0 Å². The molecule has 3 heterocycles. The Morgan fingerprint density at radius 2 is 1.16 bits per heavy atom. The van der Waals surface area contributed by atoms with Crippen LogP contribution in [0.4, 0.5) is 0 Å². The Kier molecular flexibility index (Phi) is 6.82. The van der Waals surface area contributed by atoms with Crippen molar-refractivity contribution >= 4 is 59.9 Å². The molecule has 3 aromatic heterocycles. The lowest BCUT2D eigenvalue weighted by atomic mass is 9.67. The van der Waals surface area contributed by atoms with E-state index in [0.717, 1.165) is 17.5 Å². The molecule has 0 saturated heterocycles. The lowest BCUT2D eigenvalue weighted by molar-refractivity contribution is 0.359. The van der Waals surface area contributed by atoms with Crippen LogP contribution in [0.5, 0.6) is 0 Å². The topological polar surface area (TPSA) is 33.1 Å². The second kappa shape index (κ2) is 12.2. The summed E-state index contributed by atoms with van der Waals surface area (Å²) in [6, 6.07) is 59.5. The molecule has 294 valence electrons. The Bertz CT molecular complexity index is 3700. The van der Waals surface area contributed by atoms with Gasteiger partial charge in [-0.15, -0.1) is 0 Å². The zero-order valence-corrected chi connectivity index (χ0v) is 35.0. The number of fused-ring (bicyclic) bond motifs is 16. The minimum absolute atomic E-state index is 0.234. The highest BCUT2D eigenvalue weighted by Gasteiger charge is 2.39. The highest BCUT2D eigenvalue weighted by molar-refractivity contribution is 6.38. The van der Waals surface area contributed by atoms with Gasteiger partial charge in [0.25, 0.3) is 0 Å². The number of rotatable bonds is 3. The van der Waals surface area contributed by atoms with Gasteiger partial charge < -0.3 is 8.97 Å². The van der Waals surface area contributed by atoms with E-state index in [1.807, 2.05) is 0 Å². The Balaban J connectivity index is 1.26. The Morgan fingerprint density at radius 3 is 1.87 bits per heavy atom. The van der Waals surface area contributed by atoms with Crippen LogP contribution in [0.3, 0.4) is 0 Å². The predicted octanol–water partition coefficient (Wildman–Crippen LogP) is 15.4. The number of nitrogens with zero attached hydrogens (tertiary/aromatic N) is 3. The molecule has 0 unspecified atom stereocenters. The van der Waals surface area contributed by atoms with E-state index < -0.39 is 0 Å². The fourth-order valence-electron chi connectivity index (χ4n) is 13.0. The van der Waals surface area contributed by atoms with Crippen molar-refractivity contribution in [1.82, 2.24) is 8.97 Å². The number of nitriles is 1. The van der Waals surface area contributed by atoms with Crippen molar-refractivity contribution in [2.45, 2.75) is 63.2 Å². The van der Waals surface area contributed by atoms with Crippen molar-refractivity contribution in [2.75, 3.05) is 0 Å². The maximum absolute atomic E-state index is 11.1. The van der Waals surface area contributed by atoms with Crippen LogP contribution in [0.25, 0.3) is 99.0 Å². The molecule has 4 aliphatic carbocycles. The molecule has 3 heteroatoms. The molecule has 15 rings (SSSR count). The second-order valence-electron chi connectivity index (χ2n) is 19.1. The highest BCUT2D eigenvalue weighted by Crippen LogP contribution is 2.57. The van der Waals surface area contributed by atoms with Crippen molar-refractivity contribution in [1.29, 1.82) is 5.26 Å². The predicted molar refractivity (Wildman–Crippen MR) is 257 cm³/mol. The molecule has 62 heavy (non-hydrogen) atoms. The van der Waals surface area contributed by atoms with Crippen LogP contribution in [0.2, 0.25) is 0 Å². The average molecular weight is 794 g/mol. The molecule has 8 aromatic carbocycles. The maximum atomic E-state index is 11.1. The second-order valence-corrected chi connectivity index (χ2v) is 19.1. The van der Waals surface area contributed by atoms with E-state index in [0.29, 0.717) is 11.8 Å². The molecular formula is C59H43N3. The summed E-state index contributed by atoms with van der Waals surface area (Å²) >= 11 is 0. The van der Waals surface area contributed by atoms with Crippen LogP contribution in [-0.2, 0) is 11.8 Å². The van der Waals surface area contributed by atoms with E-state index >= 15 is 0 Å². The van der Waals surface area contributed by atoms with Gasteiger partial charge >= 0.3 is 0 Å². The average Bonchev–Trinajstić information content (AvgIpc) is 3.95. The molecule has 0 amide bonds. The van der Waals surface area contributed by atoms with Crippen molar-refractivity contribution in [3.8, 4) is 45.1 Å². The Hall–Kier alpha value is -7.15. The smallest absolute Gasteiger partial charge is 0.0995 e. The van der Waals surface area contributed by atoms with E-state index in [-0.39, 0.29) is 5.41 Å². The van der Waals surface area contributed by atoms with Gasteiger partial charge in [0.05, 0.1) is 44.9 Å². The van der Waals surface area contributed by atoms with Crippen LogP contribution >= 0.6 is 0 Å². The van der Waals surface area contributed by atoms with Gasteiger partial charge in [-0.2, -0.15) is 5.26 Å². The molecule has 11 aromatic rings. The van der Waals surface area contributed by atoms with Gasteiger partial charge in [0.15, 0.2) is 0 Å². The monoisotopic (exact) mass is 793 g/mol. The molecule has 1 saturated carbocycles. The lowest BCUT2D eigenvalue weighted by Gasteiger charge is -2.38. The van der Waals surface area contributed by atoms with Crippen molar-refractivity contribution in [2.24, 2.45) is 0 Å². The molecule has 2 bridgehead atoms. The van der Waals surface area contributed by atoms with Crippen LogP contribution in [-0.4, -0.2) is 8.97 Å². The minimum Gasteiger partial charge on any atom is -0.308 e. The van der Waals surface area contributed by atoms with Crippen LogP contribution in [0.15, 0.2) is 152 Å². The third kappa shape index (κ3) is 4.39. The van der Waals surface area contributed by atoms with E-state index in [4.69, 9.17) is 0 Å². The molecule has 0 radical (unpaired) electrons. The summed E-state index contributed by atoms with van der Waals surface area (Å²) in [5, 5.41) is 18.8. The number of aromatic nitrogens is 2. The number of hydrogen-bond donors (Lipinski definition) is 0. The summed E-state index contributed by atoms with van der Waals surface area (Å²) in [7, 11) is 0. The van der Waals surface area contributed by atoms with Gasteiger partial charge in [0.2, 0.25) is 0 Å². The first-order valence-electron chi connectivity index (χ1n) is 22.5. The number of hydrogen-bond acceptors (Lipinski definition) is 1. The molecule has 0 spiro atoms. The quantitative estimate of drug-likeness (QED) is 0.175. The zero-order chi connectivity index (χ0) is 41.0. The minimum atomic E-state index is -0.234. The number of benzene rings is 8. The third-order valence-electron chi connectivity index (χ3n) is 15.4. The summed E-state index contributed by atoms with van der Waals surface area (Å²) < 4.78 is 5.18. The summed E-state index contributed by atoms with van der Waals surface area (Å²) in [5.74, 6) is 1.25. The van der Waals surface area contributed by atoms with Gasteiger partial charge in [-0.05, 0) is 124 Å². The van der Waals surface area contributed by atoms with E-state index in [2.05, 4.69) is 181 Å². The van der Waals surface area contributed by atoms with Crippen LogP contribution in [0, 0.1) is 11.3 Å². The van der Waals surface area contributed by atoms with Crippen LogP contribution in [0.1, 0.15) is 79.2 Å². The first kappa shape index (κ1) is 34.6. The summed E-state index contributed by atoms with van der Waals surface area (Å²) in [6.45, 7) is 4.68. The van der Waals surface area contributed by atoms with Gasteiger partial charge in [0.1, 0.15) is 0 Å². The molecule has 3 nitrogen and oxygen atoms in total. The van der Waals surface area contributed by atoms with Gasteiger partial charge in [-0.1, -0.05) is 135 Å². The third-order valence-corrected chi connectivity index (χ3v) is 15.4. The van der Waals surface area contributed by atoms with Gasteiger partial charge in [0, 0.05) is 43.4 Å². The molecule has 1 fully saturated rings. The summed E-state index contributed by atoms with van der Waals surface area (Å²) in [4.78, 5) is 0. The maximum Gasteiger partial charge on any atom is 0.0995 e. The standard InChI is InChI=1S/C59H43N3/c1-59(2)32-38-18-9-10-19-40(38)53-54-50(28-39(33-60)56(53)59)62-49-30-45-37-26-24-36(25-27-37)44(45)29-46(49)47-31-51-52(55(54)58(47)62)43-20-11-12-23-48(43)61(51)57-41(34-14-5-3-6-15-34)21-13-22-42(57)35-16-7-4-8-17-35/h3-23,28-31,36-37H,24-27,32H2,1-2H3. The largest absolute Gasteiger partial charge is 0.308 e.